The third-order valence-electron chi connectivity index (χ3n) is 7.53. The van der Waals surface area contributed by atoms with Gasteiger partial charge in [-0.2, -0.15) is 0 Å². The second kappa shape index (κ2) is 9.18. The predicted octanol–water partition coefficient (Wildman–Crippen LogP) is 4.00. The van der Waals surface area contributed by atoms with Gasteiger partial charge >= 0.3 is 0 Å². The number of fused-ring (bicyclic) bond motifs is 4. The molecule has 7 nitrogen and oxygen atoms in total. The summed E-state index contributed by atoms with van der Waals surface area (Å²) in [7, 11) is 1.64. The van der Waals surface area contributed by atoms with Gasteiger partial charge in [0.1, 0.15) is 6.17 Å². The number of carbonyl (C=O) groups is 1. The Bertz CT molecular complexity index is 1460. The normalized spacial score (nSPS) is 22.6. The van der Waals surface area contributed by atoms with Crippen LogP contribution in [0.3, 0.4) is 0 Å². The molecule has 2 aromatic carbocycles. The Morgan fingerprint density at radius 3 is 2.73 bits per heavy atom. The van der Waals surface area contributed by atoms with Crippen molar-refractivity contribution in [2.24, 2.45) is 5.92 Å². The van der Waals surface area contributed by atoms with Crippen molar-refractivity contribution in [1.82, 2.24) is 9.58 Å². The highest BCUT2D eigenvalue weighted by molar-refractivity contribution is 7.98. The van der Waals surface area contributed by atoms with E-state index in [0.29, 0.717) is 31.6 Å². The number of hydrogen-bond acceptors (Lipinski definition) is 6. The van der Waals surface area contributed by atoms with Crippen LogP contribution in [0.2, 0.25) is 0 Å². The summed E-state index contributed by atoms with van der Waals surface area (Å²) in [6.07, 6.45) is 2.27. The smallest absolute Gasteiger partial charge is 0.278 e. The van der Waals surface area contributed by atoms with Crippen molar-refractivity contribution in [2.45, 2.75) is 35.7 Å². The van der Waals surface area contributed by atoms with Crippen molar-refractivity contribution in [3.8, 4) is 5.75 Å². The maximum absolute atomic E-state index is 15.2. The van der Waals surface area contributed by atoms with Crippen molar-refractivity contribution in [3.05, 3.63) is 92.9 Å². The first-order valence-electron chi connectivity index (χ1n) is 12.1. The molecule has 0 spiro atoms. The maximum atomic E-state index is 15.2. The van der Waals surface area contributed by atoms with Crippen LogP contribution < -0.4 is 10.4 Å². The molecule has 1 saturated heterocycles. The van der Waals surface area contributed by atoms with Gasteiger partial charge in [-0.3, -0.25) is 19.3 Å². The predicted molar refractivity (Wildman–Crippen MR) is 134 cm³/mol. The molecule has 1 unspecified atom stereocenters. The van der Waals surface area contributed by atoms with Crippen LogP contribution in [0.5, 0.6) is 5.75 Å². The Labute approximate surface area is 216 Å². The summed E-state index contributed by atoms with van der Waals surface area (Å²) < 4.78 is 36.6. The van der Waals surface area contributed by atoms with Crippen molar-refractivity contribution in [2.75, 3.05) is 25.3 Å². The van der Waals surface area contributed by atoms with Gasteiger partial charge in [0, 0.05) is 48.7 Å². The first-order valence-corrected chi connectivity index (χ1v) is 13.1. The fraction of sp³-hybridized carbons (Fsp3) is 0.333. The van der Waals surface area contributed by atoms with E-state index < -0.39 is 40.9 Å². The molecule has 10 heteroatoms. The summed E-state index contributed by atoms with van der Waals surface area (Å²) in [6, 6.07) is 11.0. The van der Waals surface area contributed by atoms with E-state index in [1.807, 2.05) is 29.3 Å². The molecule has 0 radical (unpaired) electrons. The largest absolute Gasteiger partial charge is 0.502 e. The van der Waals surface area contributed by atoms with Gasteiger partial charge < -0.3 is 14.7 Å². The molecule has 37 heavy (non-hydrogen) atoms. The van der Waals surface area contributed by atoms with Gasteiger partial charge in [-0.15, -0.1) is 11.8 Å². The Hall–Kier alpha value is -3.37. The van der Waals surface area contributed by atoms with Crippen LogP contribution in [0.4, 0.5) is 8.78 Å². The second-order valence-electron chi connectivity index (χ2n) is 9.58. The molecule has 3 atom stereocenters. The van der Waals surface area contributed by atoms with Gasteiger partial charge in [0.05, 0.1) is 6.04 Å². The lowest BCUT2D eigenvalue weighted by Gasteiger charge is -2.53. The number of benzene rings is 2. The van der Waals surface area contributed by atoms with Gasteiger partial charge in [0.25, 0.3) is 5.91 Å². The molecular formula is C27H25F2N3O4S. The third-order valence-corrected chi connectivity index (χ3v) is 8.65. The lowest BCUT2D eigenvalue weighted by atomic mass is 9.89. The van der Waals surface area contributed by atoms with E-state index in [-0.39, 0.29) is 22.9 Å². The Balaban J connectivity index is 1.64. The highest BCUT2D eigenvalue weighted by Crippen LogP contribution is 2.46. The van der Waals surface area contributed by atoms with E-state index in [0.717, 1.165) is 16.5 Å². The molecule has 1 amide bonds. The molecule has 6 rings (SSSR count). The molecule has 3 aliphatic heterocycles. The molecule has 1 fully saturated rings. The topological polar surface area (TPSA) is 75.0 Å². The summed E-state index contributed by atoms with van der Waals surface area (Å²) in [5.41, 5.74) is 0.906. The van der Waals surface area contributed by atoms with Crippen LogP contribution in [0.1, 0.15) is 46.1 Å². The molecule has 3 aromatic rings. The Morgan fingerprint density at radius 1 is 1.11 bits per heavy atom. The number of aromatic nitrogens is 1. The van der Waals surface area contributed by atoms with Gasteiger partial charge in [-0.25, -0.2) is 8.78 Å². The van der Waals surface area contributed by atoms with Gasteiger partial charge in [-0.1, -0.05) is 24.3 Å². The zero-order chi connectivity index (χ0) is 25.8. The number of aromatic hydroxyl groups is 1. The minimum absolute atomic E-state index is 0.132. The number of rotatable bonds is 3. The number of pyridine rings is 1. The Morgan fingerprint density at radius 2 is 1.92 bits per heavy atom. The lowest BCUT2D eigenvalue weighted by molar-refractivity contribution is 0.0258. The molecule has 0 aliphatic carbocycles. The number of hydrogen-bond donors (Lipinski definition) is 1. The lowest BCUT2D eigenvalue weighted by Crippen LogP contribution is -2.64. The molecular weight excluding hydrogens is 500 g/mol. The third kappa shape index (κ3) is 3.73. The fourth-order valence-electron chi connectivity index (χ4n) is 5.82. The minimum atomic E-state index is -0.918. The molecule has 0 saturated carbocycles. The average Bonchev–Trinajstić information content (AvgIpc) is 3.06. The van der Waals surface area contributed by atoms with Crippen LogP contribution in [0, 0.1) is 17.6 Å². The number of ether oxygens (including phenoxy) is 1. The molecule has 4 heterocycles. The highest BCUT2D eigenvalue weighted by Gasteiger charge is 2.47. The van der Waals surface area contributed by atoms with Crippen molar-refractivity contribution in [3.63, 3.8) is 0 Å². The SMILES string of the molecule is COCC1CCN2C(=O)c3c(O)c(=O)ccn3N([C@@H]3c4ccccc4SCc4c3ccc(F)c4F)[C@@H]2C1. The molecule has 0 bridgehead atoms. The van der Waals surface area contributed by atoms with Crippen LogP contribution in [0.15, 0.2) is 58.4 Å². The summed E-state index contributed by atoms with van der Waals surface area (Å²) in [5, 5.41) is 12.7. The first kappa shape index (κ1) is 24.0. The van der Waals surface area contributed by atoms with Crippen LogP contribution in [0.25, 0.3) is 0 Å². The molecule has 1 aromatic heterocycles. The van der Waals surface area contributed by atoms with Crippen molar-refractivity contribution >= 4 is 17.7 Å². The Kier molecular flexibility index (Phi) is 5.95. The summed E-state index contributed by atoms with van der Waals surface area (Å²) >= 11 is 1.43. The maximum Gasteiger partial charge on any atom is 0.278 e. The van der Waals surface area contributed by atoms with Crippen LogP contribution in [-0.2, 0) is 10.5 Å². The minimum Gasteiger partial charge on any atom is -0.502 e. The van der Waals surface area contributed by atoms with E-state index in [2.05, 4.69) is 0 Å². The number of thioether (sulfide) groups is 1. The highest BCUT2D eigenvalue weighted by atomic mass is 32.2. The fourth-order valence-corrected chi connectivity index (χ4v) is 6.94. The van der Waals surface area contributed by atoms with Gasteiger partial charge in [0.15, 0.2) is 23.1 Å². The zero-order valence-corrected chi connectivity index (χ0v) is 20.9. The number of carbonyl (C=O) groups excluding carboxylic acids is 1. The molecule has 1 N–H and O–H groups in total. The number of amides is 1. The number of methoxy groups -OCH3 is 1. The number of halogens is 2. The zero-order valence-electron chi connectivity index (χ0n) is 20.1. The van der Waals surface area contributed by atoms with Crippen molar-refractivity contribution < 1.29 is 23.4 Å². The van der Waals surface area contributed by atoms with E-state index in [1.54, 1.807) is 18.1 Å². The summed E-state index contributed by atoms with van der Waals surface area (Å²) in [4.78, 5) is 28.6. The van der Waals surface area contributed by atoms with Crippen molar-refractivity contribution in [1.29, 1.82) is 0 Å². The van der Waals surface area contributed by atoms with Crippen LogP contribution in [-0.4, -0.2) is 47.0 Å². The van der Waals surface area contributed by atoms with E-state index >= 15 is 4.39 Å². The second-order valence-corrected chi connectivity index (χ2v) is 10.6. The standard InChI is InChI=1S/C27H25F2N3O4S/c1-36-13-15-8-10-30-22(12-15)32(31-11-9-20(33)26(34)25(31)27(30)35)24-16-6-7-19(28)23(29)18(16)14-37-21-5-3-2-4-17(21)24/h2-7,9,11,15,22,24,34H,8,10,12-14H2,1H3/t15?,22-,24+/m1/s1. The monoisotopic (exact) mass is 525 g/mol. The van der Waals surface area contributed by atoms with Gasteiger partial charge in [-0.05, 0) is 42.0 Å². The summed E-state index contributed by atoms with van der Waals surface area (Å²) in [6.45, 7) is 0.923. The summed E-state index contributed by atoms with van der Waals surface area (Å²) in [5.74, 6) is -2.47. The first-order chi connectivity index (χ1) is 17.9. The number of nitrogens with zero attached hydrogens (tertiary/aromatic N) is 3. The number of piperidine rings is 1. The van der Waals surface area contributed by atoms with Gasteiger partial charge in [0.2, 0.25) is 5.43 Å². The van der Waals surface area contributed by atoms with E-state index in [9.17, 15) is 19.1 Å². The van der Waals surface area contributed by atoms with E-state index in [4.69, 9.17) is 4.74 Å². The van der Waals surface area contributed by atoms with E-state index in [1.165, 1.54) is 28.7 Å². The quantitative estimate of drug-likeness (QED) is 0.557. The molecule has 3 aliphatic rings. The average molecular weight is 526 g/mol. The molecule has 192 valence electrons. The van der Waals surface area contributed by atoms with Crippen LogP contribution >= 0.6 is 11.8 Å².